The van der Waals surface area contributed by atoms with Gasteiger partial charge in [0.15, 0.2) is 5.11 Å². The van der Waals surface area contributed by atoms with Crippen molar-refractivity contribution < 1.29 is 13.9 Å². The number of carbonyl (C=O) groups is 1. The van der Waals surface area contributed by atoms with Crippen LogP contribution >= 0.6 is 12.2 Å². The maximum absolute atomic E-state index is 11.4. The largest absolute Gasteiger partial charge is 0.497 e. The molecule has 8 heteroatoms. The Morgan fingerprint density at radius 2 is 2.15 bits per heavy atom. The summed E-state index contributed by atoms with van der Waals surface area (Å²) in [6, 6.07) is 6.69. The van der Waals surface area contributed by atoms with Crippen LogP contribution in [0, 0.1) is 0 Å². The van der Waals surface area contributed by atoms with E-state index in [2.05, 4.69) is 22.7 Å². The van der Waals surface area contributed by atoms with Gasteiger partial charge in [-0.05, 0) is 36.5 Å². The van der Waals surface area contributed by atoms with E-state index in [4.69, 9.17) is 20.6 Å². The van der Waals surface area contributed by atoms with Crippen molar-refractivity contribution in [2.75, 3.05) is 7.11 Å². The zero-order valence-electron chi connectivity index (χ0n) is 10.5. The second-order valence-electron chi connectivity index (χ2n) is 3.82. The molecule has 0 unspecified atom stereocenters. The predicted octanol–water partition coefficient (Wildman–Crippen LogP) is 0.189. The van der Waals surface area contributed by atoms with Gasteiger partial charge < -0.3 is 20.6 Å². The molecule has 104 valence electrons. The number of hydrogen-bond acceptors (Lipinski definition) is 5. The second kappa shape index (κ2) is 5.57. The van der Waals surface area contributed by atoms with Crippen LogP contribution in [0.25, 0.3) is 11.0 Å². The van der Waals surface area contributed by atoms with Crippen LogP contribution in [0.4, 0.5) is 0 Å². The first-order valence-electron chi connectivity index (χ1n) is 5.52. The molecule has 0 aliphatic heterocycles. The van der Waals surface area contributed by atoms with Crippen molar-refractivity contribution in [2.45, 2.75) is 0 Å². The molecular formula is C12H12N4O3S. The lowest BCUT2D eigenvalue weighted by molar-refractivity contribution is 0.0996. The van der Waals surface area contributed by atoms with E-state index in [-0.39, 0.29) is 16.2 Å². The van der Waals surface area contributed by atoms with Crippen molar-refractivity contribution in [3.05, 3.63) is 35.4 Å². The lowest BCUT2D eigenvalue weighted by Crippen LogP contribution is -2.29. The van der Waals surface area contributed by atoms with Gasteiger partial charge in [0.1, 0.15) is 16.9 Å². The normalized spacial score (nSPS) is 11.3. The fourth-order valence-electron chi connectivity index (χ4n) is 1.60. The highest BCUT2D eigenvalue weighted by molar-refractivity contribution is 7.80. The Balaban J connectivity index is 2.68. The molecule has 1 heterocycles. The Labute approximate surface area is 119 Å². The molecule has 0 radical (unpaired) electrons. The van der Waals surface area contributed by atoms with Gasteiger partial charge in [0.05, 0.1) is 7.11 Å². The Hall–Kier alpha value is -2.61. The number of amides is 1. The molecular weight excluding hydrogens is 280 g/mol. The number of hydrogen-bond donors (Lipinski definition) is 3. The number of primary amides is 1. The quantitative estimate of drug-likeness (QED) is 0.549. The summed E-state index contributed by atoms with van der Waals surface area (Å²) in [6.45, 7) is 0. The Kier molecular flexibility index (Phi) is 3.85. The van der Waals surface area contributed by atoms with Crippen LogP contribution in [-0.2, 0) is 0 Å². The Morgan fingerprint density at radius 3 is 2.75 bits per heavy atom. The molecule has 5 N–H and O–H groups in total. The number of nitrogens with zero attached hydrogens (tertiary/aromatic N) is 1. The Morgan fingerprint density at radius 1 is 1.40 bits per heavy atom. The van der Waals surface area contributed by atoms with E-state index in [0.717, 1.165) is 0 Å². The summed E-state index contributed by atoms with van der Waals surface area (Å²) in [5.74, 6) is -0.0453. The first-order valence-corrected chi connectivity index (χ1v) is 5.93. The van der Waals surface area contributed by atoms with Crippen LogP contribution in [-0.4, -0.2) is 18.1 Å². The maximum Gasteiger partial charge on any atom is 0.254 e. The van der Waals surface area contributed by atoms with Gasteiger partial charge >= 0.3 is 0 Å². The summed E-state index contributed by atoms with van der Waals surface area (Å²) in [6.07, 6.45) is 0. The summed E-state index contributed by atoms with van der Waals surface area (Å²) in [5.41, 5.74) is 13.5. The third-order valence-electron chi connectivity index (χ3n) is 2.49. The minimum atomic E-state index is -0.679. The zero-order chi connectivity index (χ0) is 14.7. The number of ether oxygens (including phenoxy) is 1. The van der Waals surface area contributed by atoms with E-state index in [1.165, 1.54) is 0 Å². The second-order valence-corrected chi connectivity index (χ2v) is 4.26. The molecule has 7 nitrogen and oxygen atoms in total. The summed E-state index contributed by atoms with van der Waals surface area (Å²) in [4.78, 5) is 11.4. The molecule has 0 fully saturated rings. The molecule has 0 aliphatic carbocycles. The van der Waals surface area contributed by atoms with Gasteiger partial charge in [0.25, 0.3) is 5.91 Å². The average Bonchev–Trinajstić information content (AvgIpc) is 2.43. The summed E-state index contributed by atoms with van der Waals surface area (Å²) in [5, 5.41) is 4.41. The highest BCUT2D eigenvalue weighted by Gasteiger charge is 2.10. The molecule has 0 aliphatic rings. The van der Waals surface area contributed by atoms with Crippen LogP contribution in [0.3, 0.4) is 0 Å². The van der Waals surface area contributed by atoms with Crippen LogP contribution in [0.15, 0.2) is 33.8 Å². The third-order valence-corrected chi connectivity index (χ3v) is 2.58. The van der Waals surface area contributed by atoms with Gasteiger partial charge in [-0.1, -0.05) is 0 Å². The van der Waals surface area contributed by atoms with Gasteiger partial charge in [-0.15, -0.1) is 5.10 Å². The molecule has 0 saturated heterocycles. The van der Waals surface area contributed by atoms with E-state index in [0.29, 0.717) is 16.7 Å². The fourth-order valence-corrected chi connectivity index (χ4v) is 1.65. The van der Waals surface area contributed by atoms with E-state index in [1.54, 1.807) is 31.4 Å². The van der Waals surface area contributed by atoms with Gasteiger partial charge in [-0.2, -0.15) is 0 Å². The molecule has 0 saturated carbocycles. The minimum Gasteiger partial charge on any atom is -0.497 e. The minimum absolute atomic E-state index is 0.00275. The topological polar surface area (TPSA) is 116 Å². The van der Waals surface area contributed by atoms with Crippen LogP contribution < -0.4 is 27.2 Å². The number of methoxy groups -OCH3 is 1. The van der Waals surface area contributed by atoms with Crippen molar-refractivity contribution >= 4 is 34.2 Å². The fraction of sp³-hybridized carbons (Fsp3) is 0.0833. The van der Waals surface area contributed by atoms with Gasteiger partial charge in [-0.3, -0.25) is 10.2 Å². The van der Waals surface area contributed by atoms with Crippen molar-refractivity contribution in [3.63, 3.8) is 0 Å². The van der Waals surface area contributed by atoms with Crippen LogP contribution in [0.2, 0.25) is 0 Å². The molecule has 0 bridgehead atoms. The number of rotatable bonds is 3. The van der Waals surface area contributed by atoms with E-state index in [9.17, 15) is 4.79 Å². The summed E-state index contributed by atoms with van der Waals surface area (Å²) < 4.78 is 10.6. The number of thiocarbonyl (C=S) groups is 1. The molecule has 1 aromatic heterocycles. The van der Waals surface area contributed by atoms with Gasteiger partial charge in [-0.25, -0.2) is 0 Å². The molecule has 2 aromatic rings. The molecule has 1 amide bonds. The van der Waals surface area contributed by atoms with Gasteiger partial charge in [0, 0.05) is 5.39 Å². The highest BCUT2D eigenvalue weighted by atomic mass is 32.1. The first-order chi connectivity index (χ1) is 9.51. The lowest BCUT2D eigenvalue weighted by atomic mass is 10.1. The third kappa shape index (κ3) is 2.86. The van der Waals surface area contributed by atoms with Crippen LogP contribution in [0.1, 0.15) is 10.4 Å². The maximum atomic E-state index is 11.4. The molecule has 1 aromatic carbocycles. The summed E-state index contributed by atoms with van der Waals surface area (Å²) in [7, 11) is 1.54. The molecule has 2 rings (SSSR count). The summed E-state index contributed by atoms with van der Waals surface area (Å²) >= 11 is 4.63. The number of nitrogens with one attached hydrogen (secondary N) is 1. The van der Waals surface area contributed by atoms with Crippen LogP contribution in [0.5, 0.6) is 5.75 Å². The first kappa shape index (κ1) is 13.8. The van der Waals surface area contributed by atoms with Crippen molar-refractivity contribution in [1.29, 1.82) is 0 Å². The van der Waals surface area contributed by atoms with Crippen molar-refractivity contribution in [2.24, 2.45) is 16.6 Å². The number of fused-ring (bicyclic) bond motifs is 1. The average molecular weight is 292 g/mol. The highest BCUT2D eigenvalue weighted by Crippen LogP contribution is 2.20. The molecule has 0 spiro atoms. The van der Waals surface area contributed by atoms with Crippen molar-refractivity contribution in [1.82, 2.24) is 5.43 Å². The van der Waals surface area contributed by atoms with E-state index in [1.807, 2.05) is 0 Å². The lowest BCUT2D eigenvalue weighted by Gasteiger charge is -2.04. The number of carbonyl (C=O) groups excluding carboxylic acids is 1. The molecule has 0 atom stereocenters. The predicted molar refractivity (Wildman–Crippen MR) is 76.8 cm³/mol. The standard InChI is InChI=1S/C12H12N4O3S/c1-18-7-2-3-9-6(4-7)5-8(10(13)17)11(19-9)15-16-12(14)20/h2-5H,1H3,(H2,13,17)(H3,14,16,20)/b15-11-. The smallest absolute Gasteiger partial charge is 0.254 e. The monoisotopic (exact) mass is 292 g/mol. The van der Waals surface area contributed by atoms with E-state index >= 15 is 0 Å². The zero-order valence-corrected chi connectivity index (χ0v) is 11.4. The van der Waals surface area contributed by atoms with Gasteiger partial charge in [0.2, 0.25) is 5.55 Å². The number of nitrogens with two attached hydrogens (primary N) is 2. The van der Waals surface area contributed by atoms with E-state index < -0.39 is 5.91 Å². The Bertz CT molecular complexity index is 754. The van der Waals surface area contributed by atoms with Crippen molar-refractivity contribution in [3.8, 4) is 5.75 Å². The number of benzene rings is 1. The SMILES string of the molecule is COc1ccc2o/c(=N\NC(N)=S)c(C(N)=O)cc2c1. The molecule has 20 heavy (non-hydrogen) atoms.